The Morgan fingerprint density at radius 2 is 1.57 bits per heavy atom. The van der Waals surface area contributed by atoms with E-state index in [0.717, 1.165) is 5.69 Å². The summed E-state index contributed by atoms with van der Waals surface area (Å²) in [5.41, 5.74) is 14.1. The van der Waals surface area contributed by atoms with E-state index >= 15 is 0 Å². The maximum absolute atomic E-state index is 10.4. The smallest absolute Gasteiger partial charge is 0.314 e. The van der Waals surface area contributed by atoms with Crippen LogP contribution in [0.15, 0.2) is 18.2 Å². The first-order chi connectivity index (χ1) is 9.70. The summed E-state index contributed by atoms with van der Waals surface area (Å²) in [5, 5.41) is 10.4. The summed E-state index contributed by atoms with van der Waals surface area (Å²) in [5.74, 6) is 0.588. The molecule has 2 aromatic rings. The minimum atomic E-state index is -0.517. The molecule has 2 aromatic heterocycles. The topological polar surface area (TPSA) is 121 Å². The highest BCUT2D eigenvalue weighted by molar-refractivity contribution is 5.57. The van der Waals surface area contributed by atoms with Crippen molar-refractivity contribution in [2.24, 2.45) is 0 Å². The average molecular weight is 289 g/mol. The van der Waals surface area contributed by atoms with Crippen molar-refractivity contribution in [1.29, 1.82) is 0 Å². The lowest BCUT2D eigenvalue weighted by atomic mass is 10.2. The zero-order valence-electron chi connectivity index (χ0n) is 12.5. The lowest BCUT2D eigenvalue weighted by Crippen LogP contribution is -2.01. The van der Waals surface area contributed by atoms with Crippen LogP contribution in [0.2, 0.25) is 0 Å². The largest absolute Gasteiger partial charge is 0.384 e. The van der Waals surface area contributed by atoms with Gasteiger partial charge in [-0.1, -0.05) is 0 Å². The molecule has 2 rings (SSSR count). The van der Waals surface area contributed by atoms with Crippen LogP contribution in [0.4, 0.5) is 17.3 Å². The van der Waals surface area contributed by atoms with E-state index < -0.39 is 4.92 Å². The number of nitrogen functional groups attached to an aromatic ring is 2. The van der Waals surface area contributed by atoms with Gasteiger partial charge in [0.1, 0.15) is 5.82 Å². The Labute approximate surface area is 123 Å². The Hall–Kier alpha value is -2.70. The molecule has 21 heavy (non-hydrogen) atoms. The summed E-state index contributed by atoms with van der Waals surface area (Å²) in [7, 11) is 0. The number of rotatable bonds is 1. The van der Waals surface area contributed by atoms with Crippen LogP contribution in [0.5, 0.6) is 0 Å². The molecule has 0 saturated carbocycles. The van der Waals surface area contributed by atoms with Crippen molar-refractivity contribution in [3.8, 4) is 0 Å². The number of nitro groups is 1. The average Bonchev–Trinajstić information content (AvgIpc) is 2.24. The van der Waals surface area contributed by atoms with Crippen molar-refractivity contribution in [3.63, 3.8) is 0 Å². The summed E-state index contributed by atoms with van der Waals surface area (Å²) in [4.78, 5) is 17.7. The third kappa shape index (κ3) is 4.72. The molecule has 7 heteroatoms. The normalized spacial score (nSPS) is 9.71. The van der Waals surface area contributed by atoms with Crippen LogP contribution >= 0.6 is 0 Å². The van der Waals surface area contributed by atoms with E-state index in [9.17, 15) is 10.1 Å². The van der Waals surface area contributed by atoms with Crippen LogP contribution in [0.1, 0.15) is 22.5 Å². The molecule has 0 spiro atoms. The quantitative estimate of drug-likeness (QED) is 0.614. The van der Waals surface area contributed by atoms with Gasteiger partial charge in [-0.2, -0.15) is 0 Å². The predicted molar refractivity (Wildman–Crippen MR) is 82.9 cm³/mol. The number of hydrogen-bond donors (Lipinski definition) is 2. The minimum absolute atomic E-state index is 0.0162. The summed E-state index contributed by atoms with van der Waals surface area (Å²) < 4.78 is 0. The van der Waals surface area contributed by atoms with Gasteiger partial charge < -0.3 is 11.5 Å². The van der Waals surface area contributed by atoms with Gasteiger partial charge in [-0.05, 0) is 51.5 Å². The third-order valence-corrected chi connectivity index (χ3v) is 2.64. The maximum Gasteiger partial charge on any atom is 0.314 e. The summed E-state index contributed by atoms with van der Waals surface area (Å²) in [6.07, 6.45) is 0. The molecule has 0 aliphatic carbocycles. The van der Waals surface area contributed by atoms with Crippen molar-refractivity contribution in [1.82, 2.24) is 9.97 Å². The molecule has 0 saturated heterocycles. The van der Waals surface area contributed by atoms with Gasteiger partial charge in [0, 0.05) is 17.0 Å². The van der Waals surface area contributed by atoms with Crippen LogP contribution in [0.3, 0.4) is 0 Å². The van der Waals surface area contributed by atoms with E-state index in [-0.39, 0.29) is 11.5 Å². The second kappa shape index (κ2) is 6.65. The van der Waals surface area contributed by atoms with Crippen LogP contribution in [0.25, 0.3) is 0 Å². The number of anilines is 2. The molecule has 0 amide bonds. The number of aromatic nitrogens is 2. The van der Waals surface area contributed by atoms with Crippen molar-refractivity contribution in [2.75, 3.05) is 11.5 Å². The van der Waals surface area contributed by atoms with Gasteiger partial charge in [0.25, 0.3) is 0 Å². The number of pyridine rings is 2. The zero-order chi connectivity index (χ0) is 16.2. The predicted octanol–water partition coefficient (Wildman–Crippen LogP) is 2.47. The number of aryl methyl sites for hydroxylation is 4. The number of hydrogen-bond acceptors (Lipinski definition) is 6. The van der Waals surface area contributed by atoms with E-state index in [1.807, 2.05) is 26.0 Å². The van der Waals surface area contributed by atoms with Crippen molar-refractivity contribution in [3.05, 3.63) is 50.8 Å². The summed E-state index contributed by atoms with van der Waals surface area (Å²) in [6, 6.07) is 5.48. The first kappa shape index (κ1) is 16.4. The molecule has 0 fully saturated rings. The summed E-state index contributed by atoms with van der Waals surface area (Å²) in [6.45, 7) is 7.32. The van der Waals surface area contributed by atoms with Gasteiger partial charge in [-0.25, -0.2) is 9.97 Å². The fourth-order valence-electron chi connectivity index (χ4n) is 1.97. The zero-order valence-corrected chi connectivity index (χ0v) is 12.5. The van der Waals surface area contributed by atoms with Gasteiger partial charge in [-0.3, -0.25) is 10.1 Å². The van der Waals surface area contributed by atoms with Crippen molar-refractivity contribution in [2.45, 2.75) is 27.7 Å². The highest BCUT2D eigenvalue weighted by atomic mass is 16.6. The molecular weight excluding hydrogens is 270 g/mol. The number of nitrogens with two attached hydrogens (primary N) is 2. The van der Waals surface area contributed by atoms with Gasteiger partial charge >= 0.3 is 5.69 Å². The van der Waals surface area contributed by atoms with Gasteiger partial charge in [0.2, 0.25) is 5.82 Å². The van der Waals surface area contributed by atoms with Crippen LogP contribution in [-0.4, -0.2) is 14.9 Å². The Balaban J connectivity index is 0.000000219. The molecule has 7 nitrogen and oxygen atoms in total. The molecule has 0 atom stereocenters. The molecule has 2 heterocycles. The SMILES string of the molecule is Cc1cc(C)c([N+](=O)[O-])c(N)n1.Cc1cc(C)nc(N)c1. The monoisotopic (exact) mass is 289 g/mol. The van der Waals surface area contributed by atoms with Gasteiger partial charge in [0.05, 0.1) is 4.92 Å². The van der Waals surface area contributed by atoms with Crippen molar-refractivity contribution >= 4 is 17.3 Å². The Morgan fingerprint density at radius 1 is 1.00 bits per heavy atom. The standard InChI is InChI=1S/C7H9N3O2.C7H10N2/c1-4-3-5(2)9-7(8)6(4)10(11)12;1-5-3-6(2)9-7(8)4-5/h3H,1-2H3,(H2,8,9);3-4H,1-2H3,(H2,8,9). The first-order valence-electron chi connectivity index (χ1n) is 6.29. The second-order valence-corrected chi connectivity index (χ2v) is 4.78. The molecule has 0 aliphatic rings. The highest BCUT2D eigenvalue weighted by Gasteiger charge is 2.16. The molecule has 112 valence electrons. The molecule has 0 bridgehead atoms. The third-order valence-electron chi connectivity index (χ3n) is 2.64. The molecule has 0 unspecified atom stereocenters. The minimum Gasteiger partial charge on any atom is -0.384 e. The lowest BCUT2D eigenvalue weighted by molar-refractivity contribution is -0.384. The molecule has 0 aromatic carbocycles. The van der Waals surface area contributed by atoms with Crippen molar-refractivity contribution < 1.29 is 4.92 Å². The Morgan fingerprint density at radius 3 is 2.00 bits per heavy atom. The van der Waals surface area contributed by atoms with Crippen LogP contribution < -0.4 is 11.5 Å². The van der Waals surface area contributed by atoms with Crippen LogP contribution in [0, 0.1) is 37.8 Å². The second-order valence-electron chi connectivity index (χ2n) is 4.78. The van der Waals surface area contributed by atoms with E-state index in [4.69, 9.17) is 11.5 Å². The molecule has 0 radical (unpaired) electrons. The Bertz CT molecular complexity index is 597. The number of nitrogens with zero attached hydrogens (tertiary/aromatic N) is 3. The fourth-order valence-corrected chi connectivity index (χ4v) is 1.97. The first-order valence-corrected chi connectivity index (χ1v) is 6.29. The van der Waals surface area contributed by atoms with E-state index in [1.165, 1.54) is 5.56 Å². The molecule has 0 aliphatic heterocycles. The van der Waals surface area contributed by atoms with E-state index in [0.29, 0.717) is 17.1 Å². The van der Waals surface area contributed by atoms with Gasteiger partial charge in [0.15, 0.2) is 0 Å². The van der Waals surface area contributed by atoms with E-state index in [2.05, 4.69) is 9.97 Å². The van der Waals surface area contributed by atoms with E-state index in [1.54, 1.807) is 19.9 Å². The maximum atomic E-state index is 10.4. The molecular formula is C14H19N5O2. The van der Waals surface area contributed by atoms with Crippen LogP contribution in [-0.2, 0) is 0 Å². The fraction of sp³-hybridized carbons (Fsp3) is 0.286. The van der Waals surface area contributed by atoms with Gasteiger partial charge in [-0.15, -0.1) is 0 Å². The highest BCUT2D eigenvalue weighted by Crippen LogP contribution is 2.23. The molecule has 4 N–H and O–H groups in total. The summed E-state index contributed by atoms with van der Waals surface area (Å²) >= 11 is 0. The lowest BCUT2D eigenvalue weighted by Gasteiger charge is -2.00. The Kier molecular flexibility index (Phi) is 5.18.